The fourth-order valence-corrected chi connectivity index (χ4v) is 3.43. The van der Waals surface area contributed by atoms with Crippen molar-refractivity contribution in [2.75, 3.05) is 0 Å². The molecule has 0 spiro atoms. The summed E-state index contributed by atoms with van der Waals surface area (Å²) in [5.74, 6) is 0.944. The van der Waals surface area contributed by atoms with Crippen molar-refractivity contribution in [3.05, 3.63) is 0 Å². The average Bonchev–Trinajstić information content (AvgIpc) is 2.67. The van der Waals surface area contributed by atoms with Crippen LogP contribution < -0.4 is 5.32 Å². The summed E-state index contributed by atoms with van der Waals surface area (Å²) in [5, 5.41) is 3.61. The topological polar surface area (TPSA) is 29.1 Å². The number of fused-ring (bicyclic) bond motifs is 2. The smallest absolute Gasteiger partial charge is 0.136 e. The molecular formula is C15H27NO. The zero-order valence-electron chi connectivity index (χ0n) is 11.2. The molecule has 0 aromatic rings. The highest BCUT2D eigenvalue weighted by atomic mass is 16.1. The van der Waals surface area contributed by atoms with Crippen molar-refractivity contribution in [3.8, 4) is 0 Å². The summed E-state index contributed by atoms with van der Waals surface area (Å²) >= 11 is 0. The number of carbonyl (C=O) groups is 1. The van der Waals surface area contributed by atoms with Crippen LogP contribution in [0.4, 0.5) is 0 Å². The van der Waals surface area contributed by atoms with Crippen molar-refractivity contribution >= 4 is 5.78 Å². The molecule has 1 N–H and O–H groups in total. The first-order chi connectivity index (χ1) is 8.29. The lowest BCUT2D eigenvalue weighted by Gasteiger charge is -2.28. The molecule has 2 unspecified atom stereocenters. The lowest BCUT2D eigenvalue weighted by atomic mass is 9.87. The Hall–Kier alpha value is -0.370. The first-order valence-corrected chi connectivity index (χ1v) is 7.58. The molecule has 2 aliphatic rings. The molecule has 2 aliphatic heterocycles. The largest absolute Gasteiger partial charge is 0.311 e. The molecule has 2 saturated heterocycles. The Bertz CT molecular complexity index is 239. The molecule has 0 aliphatic carbocycles. The third kappa shape index (κ3) is 3.80. The molecule has 2 atom stereocenters. The highest BCUT2D eigenvalue weighted by Crippen LogP contribution is 2.32. The summed E-state index contributed by atoms with van der Waals surface area (Å²) in [4.78, 5) is 12.1. The monoisotopic (exact) mass is 237 g/mol. The number of nitrogens with one attached hydrogen (secondary N) is 1. The van der Waals surface area contributed by atoms with E-state index >= 15 is 0 Å². The van der Waals surface area contributed by atoms with E-state index in [-0.39, 0.29) is 0 Å². The highest BCUT2D eigenvalue weighted by Gasteiger charge is 2.35. The molecule has 0 saturated carbocycles. The van der Waals surface area contributed by atoms with Gasteiger partial charge in [-0.2, -0.15) is 0 Å². The standard InChI is InChI=1S/C15H27NO/c1-2-3-4-5-6-7-15(17)12-10-13-8-9-14(11-12)16-13/h12-14,16H,2-11H2,1H3. The predicted molar refractivity (Wildman–Crippen MR) is 71.1 cm³/mol. The third-order valence-corrected chi connectivity index (χ3v) is 4.46. The van der Waals surface area contributed by atoms with Crippen molar-refractivity contribution in [1.29, 1.82) is 0 Å². The molecule has 2 heteroatoms. The van der Waals surface area contributed by atoms with Gasteiger partial charge in [-0.3, -0.25) is 4.79 Å². The van der Waals surface area contributed by atoms with E-state index in [4.69, 9.17) is 0 Å². The fourth-order valence-electron chi connectivity index (χ4n) is 3.43. The number of carbonyl (C=O) groups excluding carboxylic acids is 1. The molecule has 0 aromatic carbocycles. The molecule has 0 amide bonds. The maximum Gasteiger partial charge on any atom is 0.136 e. The van der Waals surface area contributed by atoms with E-state index in [0.717, 1.165) is 25.7 Å². The summed E-state index contributed by atoms with van der Waals surface area (Å²) in [5.41, 5.74) is 0. The van der Waals surface area contributed by atoms with E-state index in [1.807, 2.05) is 0 Å². The third-order valence-electron chi connectivity index (χ3n) is 4.46. The molecule has 2 rings (SSSR count). The Morgan fingerprint density at radius 1 is 1.06 bits per heavy atom. The van der Waals surface area contributed by atoms with Gasteiger partial charge >= 0.3 is 0 Å². The molecule has 2 bridgehead atoms. The van der Waals surface area contributed by atoms with E-state index in [9.17, 15) is 4.79 Å². The molecule has 0 aromatic heterocycles. The van der Waals surface area contributed by atoms with E-state index in [0.29, 0.717) is 23.8 Å². The van der Waals surface area contributed by atoms with E-state index in [2.05, 4.69) is 12.2 Å². The normalized spacial score (nSPS) is 31.7. The van der Waals surface area contributed by atoms with Gasteiger partial charge in [-0.05, 0) is 32.1 Å². The maximum absolute atomic E-state index is 12.1. The minimum absolute atomic E-state index is 0.389. The van der Waals surface area contributed by atoms with Crippen molar-refractivity contribution in [2.45, 2.75) is 83.2 Å². The van der Waals surface area contributed by atoms with Gasteiger partial charge in [0.05, 0.1) is 0 Å². The van der Waals surface area contributed by atoms with Crippen molar-refractivity contribution in [1.82, 2.24) is 5.32 Å². The molecular weight excluding hydrogens is 210 g/mol. The highest BCUT2D eigenvalue weighted by molar-refractivity contribution is 5.81. The van der Waals surface area contributed by atoms with Crippen LogP contribution in [0.3, 0.4) is 0 Å². The number of rotatable bonds is 7. The molecule has 98 valence electrons. The van der Waals surface area contributed by atoms with Gasteiger partial charge < -0.3 is 5.32 Å². The number of hydrogen-bond acceptors (Lipinski definition) is 2. The van der Waals surface area contributed by atoms with Crippen LogP contribution in [0.2, 0.25) is 0 Å². The number of unbranched alkanes of at least 4 members (excludes halogenated alkanes) is 4. The van der Waals surface area contributed by atoms with E-state index < -0.39 is 0 Å². The van der Waals surface area contributed by atoms with Gasteiger partial charge in [0.25, 0.3) is 0 Å². The summed E-state index contributed by atoms with van der Waals surface area (Å²) < 4.78 is 0. The average molecular weight is 237 g/mol. The van der Waals surface area contributed by atoms with Gasteiger partial charge in [-0.25, -0.2) is 0 Å². The Kier molecular flexibility index (Phi) is 5.02. The predicted octanol–water partition coefficient (Wildman–Crippen LogP) is 3.45. The van der Waals surface area contributed by atoms with Crippen LogP contribution in [0.1, 0.15) is 71.1 Å². The lowest BCUT2D eigenvalue weighted by Crippen LogP contribution is -2.40. The van der Waals surface area contributed by atoms with E-state index in [1.165, 1.54) is 38.5 Å². The molecule has 0 radical (unpaired) electrons. The zero-order valence-corrected chi connectivity index (χ0v) is 11.2. The maximum atomic E-state index is 12.1. The molecule has 17 heavy (non-hydrogen) atoms. The van der Waals surface area contributed by atoms with Crippen molar-refractivity contribution in [3.63, 3.8) is 0 Å². The summed E-state index contributed by atoms with van der Waals surface area (Å²) in [7, 11) is 0. The summed E-state index contributed by atoms with van der Waals surface area (Å²) in [6.07, 6.45) is 12.0. The van der Waals surface area contributed by atoms with Crippen molar-refractivity contribution in [2.24, 2.45) is 5.92 Å². The fraction of sp³-hybridized carbons (Fsp3) is 0.933. The Morgan fingerprint density at radius 2 is 1.71 bits per heavy atom. The van der Waals surface area contributed by atoms with Crippen LogP contribution in [0.5, 0.6) is 0 Å². The van der Waals surface area contributed by atoms with Crippen LogP contribution in [-0.4, -0.2) is 17.9 Å². The van der Waals surface area contributed by atoms with Crippen molar-refractivity contribution < 1.29 is 4.79 Å². The second-order valence-electron chi connectivity index (χ2n) is 5.94. The van der Waals surface area contributed by atoms with Gasteiger partial charge in [0.15, 0.2) is 0 Å². The minimum atomic E-state index is 0.389. The van der Waals surface area contributed by atoms with E-state index in [1.54, 1.807) is 0 Å². The van der Waals surface area contributed by atoms with Gasteiger partial charge in [0.1, 0.15) is 5.78 Å². The second-order valence-corrected chi connectivity index (χ2v) is 5.94. The molecule has 2 nitrogen and oxygen atoms in total. The van der Waals surface area contributed by atoms with Crippen LogP contribution in [0.25, 0.3) is 0 Å². The molecule has 2 heterocycles. The first-order valence-electron chi connectivity index (χ1n) is 7.58. The number of Topliss-reactive ketones (excluding diaryl/α,β-unsaturated/α-hetero) is 1. The van der Waals surface area contributed by atoms with Gasteiger partial charge in [-0.1, -0.05) is 32.6 Å². The van der Waals surface area contributed by atoms with Gasteiger partial charge in [0.2, 0.25) is 0 Å². The quantitative estimate of drug-likeness (QED) is 0.687. The second kappa shape index (κ2) is 6.53. The Morgan fingerprint density at radius 3 is 2.35 bits per heavy atom. The van der Waals surface area contributed by atoms with Crippen LogP contribution in [0.15, 0.2) is 0 Å². The van der Waals surface area contributed by atoms with Crippen LogP contribution in [-0.2, 0) is 4.79 Å². The zero-order chi connectivity index (χ0) is 12.1. The van der Waals surface area contributed by atoms with Crippen LogP contribution >= 0.6 is 0 Å². The first kappa shape index (κ1) is 13.1. The minimum Gasteiger partial charge on any atom is -0.311 e. The SMILES string of the molecule is CCCCCCCC(=O)C1CC2CCC(C1)N2. The summed E-state index contributed by atoms with van der Waals surface area (Å²) in [6, 6.07) is 1.31. The summed E-state index contributed by atoms with van der Waals surface area (Å²) in [6.45, 7) is 2.23. The lowest BCUT2D eigenvalue weighted by molar-refractivity contribution is -0.124. The number of hydrogen-bond donors (Lipinski definition) is 1. The van der Waals surface area contributed by atoms with Crippen LogP contribution in [0, 0.1) is 5.92 Å². The Balaban J connectivity index is 1.63. The molecule has 2 fully saturated rings. The van der Waals surface area contributed by atoms with Gasteiger partial charge in [0, 0.05) is 24.4 Å². The van der Waals surface area contributed by atoms with Gasteiger partial charge in [-0.15, -0.1) is 0 Å². The number of ketones is 1. The Labute approximate surface area is 106 Å². The number of piperidine rings is 1.